The minimum atomic E-state index is -0.0695. The Labute approximate surface area is 118 Å². The Morgan fingerprint density at radius 2 is 2.26 bits per heavy atom. The quantitative estimate of drug-likeness (QED) is 0.705. The van der Waals surface area contributed by atoms with E-state index in [1.165, 1.54) is 12.8 Å². The number of hydrogen-bond acceptors (Lipinski definition) is 4. The summed E-state index contributed by atoms with van der Waals surface area (Å²) < 4.78 is 5.25. The first-order valence-corrected chi connectivity index (χ1v) is 7.65. The molecule has 0 aromatic heterocycles. The molecule has 2 N–H and O–H groups in total. The molecule has 1 aliphatic carbocycles. The third-order valence-electron chi connectivity index (χ3n) is 4.55. The van der Waals surface area contributed by atoms with Crippen molar-refractivity contribution >= 4 is 0 Å². The molecule has 0 aromatic rings. The van der Waals surface area contributed by atoms with Crippen LogP contribution in [0.25, 0.3) is 0 Å². The van der Waals surface area contributed by atoms with E-state index in [4.69, 9.17) is 4.74 Å². The number of nitrogens with zero attached hydrogens (tertiary/aromatic N) is 1. The second-order valence-electron chi connectivity index (χ2n) is 6.09. The van der Waals surface area contributed by atoms with Gasteiger partial charge in [0.15, 0.2) is 0 Å². The fourth-order valence-electron chi connectivity index (χ4n) is 3.15. The second-order valence-corrected chi connectivity index (χ2v) is 6.09. The van der Waals surface area contributed by atoms with Gasteiger partial charge in [0.2, 0.25) is 0 Å². The summed E-state index contributed by atoms with van der Waals surface area (Å²) in [6.07, 6.45) is 5.65. The highest BCUT2D eigenvalue weighted by Gasteiger charge is 2.37. The van der Waals surface area contributed by atoms with Crippen molar-refractivity contribution in [3.63, 3.8) is 0 Å². The highest BCUT2D eigenvalue weighted by molar-refractivity contribution is 4.96. The predicted octanol–water partition coefficient (Wildman–Crippen LogP) is 1.63. The number of likely N-dealkylation sites (N-methyl/N-ethyl adjacent to an activating group) is 1. The Bertz CT molecular complexity index is 250. The van der Waals surface area contributed by atoms with Crippen LogP contribution in [-0.4, -0.2) is 61.5 Å². The minimum absolute atomic E-state index is 0.0695. The molecule has 114 valence electrons. The van der Waals surface area contributed by atoms with Crippen molar-refractivity contribution in [3.05, 3.63) is 0 Å². The van der Waals surface area contributed by atoms with Crippen molar-refractivity contribution in [2.45, 2.75) is 63.6 Å². The monoisotopic (exact) mass is 272 g/mol. The molecule has 0 radical (unpaired) electrons. The zero-order valence-corrected chi connectivity index (χ0v) is 13.1. The van der Waals surface area contributed by atoms with Crippen LogP contribution < -0.4 is 5.32 Å². The van der Waals surface area contributed by atoms with Crippen LogP contribution in [0.3, 0.4) is 0 Å². The maximum atomic E-state index is 9.80. The zero-order valence-electron chi connectivity index (χ0n) is 13.1. The number of aliphatic hydroxyl groups is 1. The van der Waals surface area contributed by atoms with Crippen LogP contribution in [0.1, 0.15) is 46.0 Å². The van der Waals surface area contributed by atoms with E-state index in [9.17, 15) is 5.11 Å². The molecule has 4 nitrogen and oxygen atoms in total. The van der Waals surface area contributed by atoms with Gasteiger partial charge in [-0.1, -0.05) is 6.92 Å². The SMILES string of the molecule is CCCNC1(CO)CCCC(N(C)C(C)COC)C1. The van der Waals surface area contributed by atoms with Gasteiger partial charge in [-0.05, 0) is 52.6 Å². The van der Waals surface area contributed by atoms with Crippen LogP contribution in [-0.2, 0) is 4.74 Å². The molecular weight excluding hydrogens is 240 g/mol. The zero-order chi connectivity index (χ0) is 14.3. The average molecular weight is 272 g/mol. The molecule has 1 saturated carbocycles. The Balaban J connectivity index is 2.60. The lowest BCUT2D eigenvalue weighted by Crippen LogP contribution is -2.56. The first kappa shape index (κ1) is 16.9. The van der Waals surface area contributed by atoms with Crippen molar-refractivity contribution in [3.8, 4) is 0 Å². The maximum Gasteiger partial charge on any atom is 0.0615 e. The molecule has 4 heteroatoms. The molecule has 1 fully saturated rings. The Hall–Kier alpha value is -0.160. The molecule has 3 unspecified atom stereocenters. The molecule has 1 rings (SSSR count). The van der Waals surface area contributed by atoms with Gasteiger partial charge < -0.3 is 15.2 Å². The Kier molecular flexibility index (Phi) is 7.29. The lowest BCUT2D eigenvalue weighted by atomic mass is 9.78. The Morgan fingerprint density at radius 3 is 2.84 bits per heavy atom. The van der Waals surface area contributed by atoms with Gasteiger partial charge >= 0.3 is 0 Å². The molecule has 0 spiro atoms. The van der Waals surface area contributed by atoms with Gasteiger partial charge in [-0.2, -0.15) is 0 Å². The van der Waals surface area contributed by atoms with Crippen LogP contribution in [0.2, 0.25) is 0 Å². The summed E-state index contributed by atoms with van der Waals surface area (Å²) in [5, 5.41) is 13.4. The fraction of sp³-hybridized carbons (Fsp3) is 1.00. The molecule has 1 aliphatic rings. The second kappa shape index (κ2) is 8.20. The molecule has 0 amide bonds. The van der Waals surface area contributed by atoms with Crippen LogP contribution in [0.5, 0.6) is 0 Å². The van der Waals surface area contributed by atoms with E-state index in [0.29, 0.717) is 12.1 Å². The third kappa shape index (κ3) is 4.71. The summed E-state index contributed by atoms with van der Waals surface area (Å²) in [7, 11) is 3.94. The minimum Gasteiger partial charge on any atom is -0.394 e. The van der Waals surface area contributed by atoms with Crippen LogP contribution in [0, 0.1) is 0 Å². The van der Waals surface area contributed by atoms with Gasteiger partial charge in [-0.3, -0.25) is 4.90 Å². The number of rotatable bonds is 8. The molecule has 0 saturated heterocycles. The summed E-state index contributed by atoms with van der Waals surface area (Å²) in [4.78, 5) is 2.42. The predicted molar refractivity (Wildman–Crippen MR) is 79.5 cm³/mol. The lowest BCUT2D eigenvalue weighted by Gasteiger charge is -2.45. The molecule has 0 aromatic carbocycles. The van der Waals surface area contributed by atoms with Crippen molar-refractivity contribution in [2.24, 2.45) is 0 Å². The molecule has 3 atom stereocenters. The third-order valence-corrected chi connectivity index (χ3v) is 4.55. The summed E-state index contributed by atoms with van der Waals surface area (Å²) in [6.45, 7) is 6.38. The maximum absolute atomic E-state index is 9.80. The van der Waals surface area contributed by atoms with Gasteiger partial charge in [-0.25, -0.2) is 0 Å². The summed E-state index contributed by atoms with van der Waals surface area (Å²) in [6, 6.07) is 0.964. The first-order chi connectivity index (χ1) is 9.08. The van der Waals surface area contributed by atoms with E-state index in [1.807, 2.05) is 0 Å². The average Bonchev–Trinajstić information content (AvgIpc) is 2.44. The highest BCUT2D eigenvalue weighted by Crippen LogP contribution is 2.31. The first-order valence-electron chi connectivity index (χ1n) is 7.65. The Morgan fingerprint density at radius 1 is 1.53 bits per heavy atom. The molecular formula is C15H32N2O2. The smallest absolute Gasteiger partial charge is 0.0615 e. The normalized spacial score (nSPS) is 29.7. The van der Waals surface area contributed by atoms with E-state index in [-0.39, 0.29) is 12.1 Å². The number of ether oxygens (including phenoxy) is 1. The van der Waals surface area contributed by atoms with Crippen LogP contribution in [0.4, 0.5) is 0 Å². The standard InChI is InChI=1S/C15H32N2O2/c1-5-9-16-15(12-18)8-6-7-14(10-15)17(3)13(2)11-19-4/h13-14,16,18H,5-12H2,1-4H3. The molecule has 19 heavy (non-hydrogen) atoms. The molecule has 0 bridgehead atoms. The largest absolute Gasteiger partial charge is 0.394 e. The van der Waals surface area contributed by atoms with E-state index in [2.05, 4.69) is 31.1 Å². The van der Waals surface area contributed by atoms with Crippen LogP contribution >= 0.6 is 0 Å². The summed E-state index contributed by atoms with van der Waals surface area (Å²) in [5.74, 6) is 0. The van der Waals surface area contributed by atoms with Gasteiger partial charge in [0.25, 0.3) is 0 Å². The van der Waals surface area contributed by atoms with Crippen LogP contribution in [0.15, 0.2) is 0 Å². The highest BCUT2D eigenvalue weighted by atomic mass is 16.5. The van der Waals surface area contributed by atoms with Crippen molar-refractivity contribution in [1.82, 2.24) is 10.2 Å². The van der Waals surface area contributed by atoms with Crippen molar-refractivity contribution in [1.29, 1.82) is 0 Å². The fourth-order valence-corrected chi connectivity index (χ4v) is 3.15. The van der Waals surface area contributed by atoms with Crippen molar-refractivity contribution < 1.29 is 9.84 Å². The summed E-state index contributed by atoms with van der Waals surface area (Å²) in [5.41, 5.74) is -0.0695. The number of nitrogens with one attached hydrogen (secondary N) is 1. The summed E-state index contributed by atoms with van der Waals surface area (Å²) >= 11 is 0. The van der Waals surface area contributed by atoms with E-state index >= 15 is 0 Å². The van der Waals surface area contributed by atoms with Crippen molar-refractivity contribution in [2.75, 3.05) is 33.9 Å². The van der Waals surface area contributed by atoms with E-state index < -0.39 is 0 Å². The number of aliphatic hydroxyl groups excluding tert-OH is 1. The number of methoxy groups -OCH3 is 1. The van der Waals surface area contributed by atoms with Gasteiger partial charge in [0, 0.05) is 24.7 Å². The van der Waals surface area contributed by atoms with Gasteiger partial charge in [0.1, 0.15) is 0 Å². The van der Waals surface area contributed by atoms with Gasteiger partial charge in [0.05, 0.1) is 13.2 Å². The van der Waals surface area contributed by atoms with Gasteiger partial charge in [-0.15, -0.1) is 0 Å². The topological polar surface area (TPSA) is 44.7 Å². The molecule has 0 heterocycles. The molecule has 0 aliphatic heterocycles. The lowest BCUT2D eigenvalue weighted by molar-refractivity contribution is 0.0339. The van der Waals surface area contributed by atoms with E-state index in [1.54, 1.807) is 7.11 Å². The van der Waals surface area contributed by atoms with E-state index in [0.717, 1.165) is 32.4 Å². The number of hydrogen-bond donors (Lipinski definition) is 2.